The van der Waals surface area contributed by atoms with Crippen LogP contribution in [0.2, 0.25) is 0 Å². The Labute approximate surface area is 160 Å². The normalized spacial score (nSPS) is 29.3. The SMILES string of the molecule is Nc1ccn(C2CC(O)C(F)(COP(=O)(O)OP(=O)(O)OP(=O)(O)O)O2)c(=O)n1. The van der Waals surface area contributed by atoms with Crippen molar-refractivity contribution in [2.24, 2.45) is 0 Å². The molecule has 2 rings (SSSR count). The van der Waals surface area contributed by atoms with E-state index >= 15 is 0 Å². The predicted molar refractivity (Wildman–Crippen MR) is 87.3 cm³/mol. The van der Waals surface area contributed by atoms with Gasteiger partial charge in [-0.3, -0.25) is 9.09 Å². The maximum absolute atomic E-state index is 14.8. The van der Waals surface area contributed by atoms with Crippen molar-refractivity contribution in [3.05, 3.63) is 22.7 Å². The highest BCUT2D eigenvalue weighted by Gasteiger charge is 2.52. The molecule has 2 heterocycles. The van der Waals surface area contributed by atoms with Gasteiger partial charge in [0.2, 0.25) is 0 Å². The largest absolute Gasteiger partial charge is 0.490 e. The molecule has 29 heavy (non-hydrogen) atoms. The molecule has 1 aromatic rings. The molecule has 1 saturated heterocycles. The van der Waals surface area contributed by atoms with E-state index in [0.717, 1.165) is 10.8 Å². The molecule has 1 aliphatic heterocycles. The lowest BCUT2D eigenvalue weighted by Crippen LogP contribution is -2.39. The lowest BCUT2D eigenvalue weighted by molar-refractivity contribution is -0.204. The Bertz CT molecular complexity index is 966. The van der Waals surface area contributed by atoms with Crippen molar-refractivity contribution in [3.8, 4) is 0 Å². The molecule has 0 radical (unpaired) electrons. The number of hydrogen-bond donors (Lipinski definition) is 6. The first kappa shape index (κ1) is 24.2. The van der Waals surface area contributed by atoms with Crippen LogP contribution >= 0.6 is 23.5 Å². The van der Waals surface area contributed by atoms with Gasteiger partial charge in [-0.05, 0) is 6.07 Å². The highest BCUT2D eigenvalue weighted by Crippen LogP contribution is 2.66. The Kier molecular flexibility index (Phi) is 6.87. The number of ether oxygens (including phenoxy) is 1. The van der Waals surface area contributed by atoms with Crippen LogP contribution in [-0.4, -0.2) is 52.8 Å². The number of nitrogens with zero attached hydrogens (tertiary/aromatic N) is 2. The van der Waals surface area contributed by atoms with Crippen molar-refractivity contribution in [3.63, 3.8) is 0 Å². The van der Waals surface area contributed by atoms with Gasteiger partial charge in [0.1, 0.15) is 24.8 Å². The summed E-state index contributed by atoms with van der Waals surface area (Å²) in [7, 11) is -17.0. The number of aliphatic hydroxyl groups is 1. The molecule has 5 unspecified atom stereocenters. The van der Waals surface area contributed by atoms with Gasteiger partial charge in [-0.1, -0.05) is 0 Å². The quantitative estimate of drug-likeness (QED) is 0.244. The fraction of sp³-hybridized carbons (Fsp3) is 0.556. The van der Waals surface area contributed by atoms with Crippen molar-refractivity contribution < 1.29 is 60.6 Å². The molecule has 1 aliphatic rings. The second kappa shape index (κ2) is 8.23. The number of nitrogen functional groups attached to an aromatic ring is 1. The Balaban J connectivity index is 2.07. The van der Waals surface area contributed by atoms with E-state index in [9.17, 15) is 32.9 Å². The van der Waals surface area contributed by atoms with Crippen LogP contribution in [0, 0.1) is 0 Å². The van der Waals surface area contributed by atoms with E-state index in [1.807, 2.05) is 0 Å². The number of aromatic nitrogens is 2. The molecular weight excluding hydrogens is 470 g/mol. The number of nitrogens with two attached hydrogens (primary N) is 1. The van der Waals surface area contributed by atoms with E-state index in [4.69, 9.17) is 25.2 Å². The summed E-state index contributed by atoms with van der Waals surface area (Å²) in [4.78, 5) is 50.3. The van der Waals surface area contributed by atoms with E-state index in [0.29, 0.717) is 0 Å². The van der Waals surface area contributed by atoms with Gasteiger partial charge in [0.05, 0.1) is 0 Å². The van der Waals surface area contributed by atoms with Gasteiger partial charge in [0.25, 0.3) is 5.85 Å². The van der Waals surface area contributed by atoms with Gasteiger partial charge in [0.15, 0.2) is 0 Å². The standard InChI is InChI=1S/C9H15FN3O13P3/c10-9(4-23-28(19,20)26-29(21,22)25-27(16,17)18)5(14)3-7(24-9)13-2-1-6(11)12-8(13)15/h1-2,5,7,14H,3-4H2,(H,19,20)(H,21,22)(H2,11,12,15)(H2,16,17,18). The van der Waals surface area contributed by atoms with Crippen molar-refractivity contribution in [1.82, 2.24) is 9.55 Å². The highest BCUT2D eigenvalue weighted by molar-refractivity contribution is 7.66. The number of rotatable bonds is 8. The molecule has 0 aliphatic carbocycles. The fourth-order valence-electron chi connectivity index (χ4n) is 2.14. The summed E-state index contributed by atoms with van der Waals surface area (Å²) in [6.07, 6.45) is -2.85. The molecule has 166 valence electrons. The van der Waals surface area contributed by atoms with Gasteiger partial charge in [-0.25, -0.2) is 22.9 Å². The second-order valence-corrected chi connectivity index (χ2v) is 9.94. The van der Waals surface area contributed by atoms with E-state index in [1.54, 1.807) is 0 Å². The number of hydrogen-bond acceptors (Lipinski definition) is 11. The van der Waals surface area contributed by atoms with Crippen LogP contribution < -0.4 is 11.4 Å². The smallest absolute Gasteiger partial charge is 0.387 e. The lowest BCUT2D eigenvalue weighted by Gasteiger charge is -2.24. The van der Waals surface area contributed by atoms with Crippen molar-refractivity contribution >= 4 is 29.3 Å². The zero-order valence-electron chi connectivity index (χ0n) is 13.9. The maximum atomic E-state index is 14.8. The summed E-state index contributed by atoms with van der Waals surface area (Å²) < 4.78 is 64.8. The minimum Gasteiger partial charge on any atom is -0.387 e. The number of anilines is 1. The van der Waals surface area contributed by atoms with Crippen LogP contribution in [0.15, 0.2) is 17.1 Å². The minimum atomic E-state index is -5.80. The summed E-state index contributed by atoms with van der Waals surface area (Å²) in [5.74, 6) is -3.32. The van der Waals surface area contributed by atoms with E-state index in [1.165, 1.54) is 6.07 Å². The number of phosphoric acid groups is 3. The molecule has 20 heteroatoms. The third-order valence-corrected chi connectivity index (χ3v) is 7.04. The number of alkyl halides is 1. The third-order valence-electron chi connectivity index (χ3n) is 3.26. The van der Waals surface area contributed by atoms with Gasteiger partial charge in [-0.15, -0.1) is 0 Å². The summed E-state index contributed by atoms with van der Waals surface area (Å²) in [5, 5.41) is 9.82. The fourth-order valence-corrected chi connectivity index (χ4v) is 5.17. The van der Waals surface area contributed by atoms with Crippen LogP contribution in [0.4, 0.5) is 10.2 Å². The number of halogens is 1. The van der Waals surface area contributed by atoms with Crippen LogP contribution in [0.1, 0.15) is 12.6 Å². The van der Waals surface area contributed by atoms with Gasteiger partial charge in [0, 0.05) is 12.6 Å². The summed E-state index contributed by atoms with van der Waals surface area (Å²) in [6, 6.07) is 1.18. The molecule has 0 bridgehead atoms. The average Bonchev–Trinajstić information content (AvgIpc) is 2.77. The minimum absolute atomic E-state index is 0.135. The van der Waals surface area contributed by atoms with Crippen molar-refractivity contribution in [2.75, 3.05) is 12.3 Å². The maximum Gasteiger partial charge on any atom is 0.490 e. The first-order chi connectivity index (χ1) is 13.0. The predicted octanol–water partition coefficient (Wildman–Crippen LogP) is -0.886. The summed E-state index contributed by atoms with van der Waals surface area (Å²) in [5.41, 5.74) is 4.36. The highest BCUT2D eigenvalue weighted by atomic mass is 31.3. The molecule has 0 amide bonds. The Morgan fingerprint density at radius 3 is 2.45 bits per heavy atom. The van der Waals surface area contributed by atoms with Crippen LogP contribution in [-0.2, 0) is 31.6 Å². The van der Waals surface area contributed by atoms with Gasteiger partial charge >= 0.3 is 29.2 Å². The molecule has 0 spiro atoms. The summed E-state index contributed by atoms with van der Waals surface area (Å²) >= 11 is 0. The average molecular weight is 485 g/mol. The summed E-state index contributed by atoms with van der Waals surface area (Å²) in [6.45, 7) is -1.55. The monoisotopic (exact) mass is 485 g/mol. The van der Waals surface area contributed by atoms with E-state index in [-0.39, 0.29) is 5.82 Å². The molecule has 16 nitrogen and oxygen atoms in total. The Hall–Kier alpha value is -1.06. The molecule has 1 fully saturated rings. The number of phosphoric ester groups is 1. The van der Waals surface area contributed by atoms with Gasteiger partial charge < -0.3 is 35.2 Å². The topological polar surface area (TPSA) is 250 Å². The first-order valence-corrected chi connectivity index (χ1v) is 11.7. The molecule has 0 aromatic carbocycles. The van der Waals surface area contributed by atoms with Crippen LogP contribution in [0.3, 0.4) is 0 Å². The molecular formula is C9H15FN3O13P3. The zero-order chi connectivity index (χ0) is 22.3. The van der Waals surface area contributed by atoms with E-state index < -0.39 is 60.4 Å². The Morgan fingerprint density at radius 2 is 1.90 bits per heavy atom. The third kappa shape index (κ3) is 6.72. The van der Waals surface area contributed by atoms with Gasteiger partial charge in [-0.2, -0.15) is 13.6 Å². The second-order valence-electron chi connectivity index (χ2n) is 5.52. The van der Waals surface area contributed by atoms with E-state index in [2.05, 4.69) is 18.1 Å². The zero-order valence-corrected chi connectivity index (χ0v) is 16.6. The Morgan fingerprint density at radius 1 is 1.28 bits per heavy atom. The molecule has 5 atom stereocenters. The van der Waals surface area contributed by atoms with Crippen LogP contribution in [0.5, 0.6) is 0 Å². The van der Waals surface area contributed by atoms with Crippen LogP contribution in [0.25, 0.3) is 0 Å². The molecule has 0 saturated carbocycles. The lowest BCUT2D eigenvalue weighted by atomic mass is 10.1. The number of aliphatic hydroxyl groups excluding tert-OH is 1. The van der Waals surface area contributed by atoms with Crippen molar-refractivity contribution in [2.45, 2.75) is 24.6 Å². The first-order valence-electron chi connectivity index (χ1n) is 7.20. The molecule has 7 N–H and O–H groups in total. The van der Waals surface area contributed by atoms with Crippen molar-refractivity contribution in [1.29, 1.82) is 0 Å². The molecule has 1 aromatic heterocycles.